The van der Waals surface area contributed by atoms with Crippen molar-refractivity contribution in [3.63, 3.8) is 0 Å². The lowest BCUT2D eigenvalue weighted by Crippen LogP contribution is -2.22. The average molecular weight is 496 g/mol. The molecule has 35 heavy (non-hydrogen) atoms. The number of aryl methyl sites for hydroxylation is 1. The van der Waals surface area contributed by atoms with E-state index in [0.717, 1.165) is 27.3 Å². The number of amides is 1. The first-order valence-electron chi connectivity index (χ1n) is 10.4. The van der Waals surface area contributed by atoms with E-state index >= 15 is 0 Å². The Bertz CT molecular complexity index is 1330. The minimum atomic E-state index is -1.82. The molecule has 0 fully saturated rings. The molecular formula is C25H22FN3O5S. The van der Waals surface area contributed by atoms with Gasteiger partial charge < -0.3 is 20.5 Å². The molecule has 180 valence electrons. The molecule has 4 rings (SSSR count). The first-order valence-corrected chi connectivity index (χ1v) is 11.4. The van der Waals surface area contributed by atoms with Crippen molar-refractivity contribution in [2.24, 2.45) is 0 Å². The zero-order valence-corrected chi connectivity index (χ0v) is 19.4. The van der Waals surface area contributed by atoms with Gasteiger partial charge in [-0.25, -0.2) is 19.0 Å². The lowest BCUT2D eigenvalue weighted by molar-refractivity contribution is -0.159. The summed E-state index contributed by atoms with van der Waals surface area (Å²) < 4.78 is 13.0. The topological polar surface area (TPSA) is 132 Å². The van der Waals surface area contributed by atoms with Gasteiger partial charge in [0.15, 0.2) is 5.16 Å². The van der Waals surface area contributed by atoms with Crippen LogP contribution in [0.15, 0.2) is 71.9 Å². The van der Waals surface area contributed by atoms with Crippen LogP contribution < -0.4 is 5.32 Å². The van der Waals surface area contributed by atoms with E-state index in [-0.39, 0.29) is 11.7 Å². The highest BCUT2D eigenvalue weighted by Crippen LogP contribution is 2.24. The molecule has 0 aliphatic rings. The molecule has 8 nitrogen and oxygen atoms in total. The Morgan fingerprint density at radius 1 is 0.943 bits per heavy atom. The normalized spacial score (nSPS) is 10.3. The number of halogens is 1. The number of benzene rings is 3. The molecule has 0 spiro atoms. The van der Waals surface area contributed by atoms with Crippen LogP contribution in [-0.2, 0) is 21.9 Å². The van der Waals surface area contributed by atoms with Crippen molar-refractivity contribution in [3.05, 3.63) is 94.8 Å². The number of thioether (sulfide) groups is 1. The quantitative estimate of drug-likeness (QED) is 0.230. The molecule has 1 amide bonds. The smallest absolute Gasteiger partial charge is 0.414 e. The summed E-state index contributed by atoms with van der Waals surface area (Å²) >= 11 is 1.54. The van der Waals surface area contributed by atoms with Gasteiger partial charge in [-0.1, -0.05) is 53.7 Å². The van der Waals surface area contributed by atoms with E-state index in [1.807, 2.05) is 43.3 Å². The number of fused-ring (bicyclic) bond motifs is 1. The standard InChI is InChI=1S/C23H20FN3OS.C2H2O4/c1-15-2-4-16(5-3-15)13-25-22(28)18-8-11-20-21(12-18)27-23(26-20)29-14-17-6-9-19(24)10-7-17;3-1(4)2(5)6/h2-12H,13-14H2,1H3,(H,25,28)(H,26,27);(H,3,4)(H,5,6). The second-order valence-electron chi connectivity index (χ2n) is 7.47. The molecule has 1 heterocycles. The minimum absolute atomic E-state index is 0.123. The van der Waals surface area contributed by atoms with Crippen molar-refractivity contribution in [2.45, 2.75) is 24.4 Å². The number of hydrogen-bond donors (Lipinski definition) is 4. The van der Waals surface area contributed by atoms with Crippen LogP contribution in [0.25, 0.3) is 11.0 Å². The summed E-state index contributed by atoms with van der Waals surface area (Å²) in [6.45, 7) is 2.52. The summed E-state index contributed by atoms with van der Waals surface area (Å²) in [5.41, 5.74) is 5.48. The molecule has 0 atom stereocenters. The third kappa shape index (κ3) is 7.68. The molecule has 0 bridgehead atoms. The van der Waals surface area contributed by atoms with E-state index in [1.165, 1.54) is 29.5 Å². The van der Waals surface area contributed by atoms with Crippen LogP contribution in [0.1, 0.15) is 27.0 Å². The maximum Gasteiger partial charge on any atom is 0.414 e. The van der Waals surface area contributed by atoms with Crippen LogP contribution in [0.4, 0.5) is 4.39 Å². The van der Waals surface area contributed by atoms with Crippen molar-refractivity contribution in [1.29, 1.82) is 0 Å². The SMILES string of the molecule is Cc1ccc(CNC(=O)c2ccc3nc(SCc4ccc(F)cc4)[nH]c3c2)cc1.O=C(O)C(=O)O. The zero-order valence-electron chi connectivity index (χ0n) is 18.6. The van der Waals surface area contributed by atoms with Crippen molar-refractivity contribution in [2.75, 3.05) is 0 Å². The summed E-state index contributed by atoms with van der Waals surface area (Å²) in [4.78, 5) is 38.5. The molecule has 4 aromatic rings. The van der Waals surface area contributed by atoms with Gasteiger partial charge in [-0.3, -0.25) is 4.79 Å². The highest BCUT2D eigenvalue weighted by molar-refractivity contribution is 7.98. The van der Waals surface area contributed by atoms with E-state index in [1.54, 1.807) is 18.2 Å². The summed E-state index contributed by atoms with van der Waals surface area (Å²) in [6, 6.07) is 20.0. The minimum Gasteiger partial charge on any atom is -0.473 e. The number of carbonyl (C=O) groups is 3. The maximum atomic E-state index is 13.0. The van der Waals surface area contributed by atoms with Crippen molar-refractivity contribution in [3.8, 4) is 0 Å². The summed E-state index contributed by atoms with van der Waals surface area (Å²) in [7, 11) is 0. The predicted molar refractivity (Wildman–Crippen MR) is 130 cm³/mol. The first-order chi connectivity index (χ1) is 16.7. The highest BCUT2D eigenvalue weighted by atomic mass is 32.2. The number of carboxylic acid groups (broad SMARTS) is 2. The molecule has 0 saturated carbocycles. The zero-order chi connectivity index (χ0) is 25.4. The molecule has 0 saturated heterocycles. The number of nitrogens with zero attached hydrogens (tertiary/aromatic N) is 1. The Morgan fingerprint density at radius 2 is 1.57 bits per heavy atom. The summed E-state index contributed by atoms with van der Waals surface area (Å²) in [5.74, 6) is -3.33. The lowest BCUT2D eigenvalue weighted by atomic mass is 10.1. The second kappa shape index (κ2) is 11.8. The Labute approximate surface area is 204 Å². The number of carboxylic acids is 2. The van der Waals surface area contributed by atoms with Gasteiger partial charge in [0.05, 0.1) is 11.0 Å². The fraction of sp³-hybridized carbons (Fsp3) is 0.120. The van der Waals surface area contributed by atoms with Crippen LogP contribution >= 0.6 is 11.8 Å². The van der Waals surface area contributed by atoms with E-state index in [4.69, 9.17) is 19.8 Å². The van der Waals surface area contributed by atoms with Crippen molar-refractivity contribution >= 4 is 40.6 Å². The molecule has 0 unspecified atom stereocenters. The van der Waals surface area contributed by atoms with Crippen molar-refractivity contribution in [1.82, 2.24) is 15.3 Å². The van der Waals surface area contributed by atoms with Gasteiger partial charge in [-0.15, -0.1) is 0 Å². The van der Waals surface area contributed by atoms with Gasteiger partial charge in [-0.2, -0.15) is 0 Å². The van der Waals surface area contributed by atoms with Crippen molar-refractivity contribution < 1.29 is 29.0 Å². The van der Waals surface area contributed by atoms with Crippen LogP contribution in [0.5, 0.6) is 0 Å². The molecule has 3 aromatic carbocycles. The Kier molecular flexibility index (Phi) is 8.58. The summed E-state index contributed by atoms with van der Waals surface area (Å²) in [6.07, 6.45) is 0. The Morgan fingerprint density at radius 3 is 2.20 bits per heavy atom. The number of aromatic nitrogens is 2. The summed E-state index contributed by atoms with van der Waals surface area (Å²) in [5, 5.41) is 18.5. The maximum absolute atomic E-state index is 13.0. The Hall–Kier alpha value is -4.18. The molecule has 10 heteroatoms. The van der Waals surface area contributed by atoms with E-state index in [9.17, 15) is 9.18 Å². The lowest BCUT2D eigenvalue weighted by Gasteiger charge is -2.06. The van der Waals surface area contributed by atoms with Gasteiger partial charge in [0.1, 0.15) is 5.82 Å². The van der Waals surface area contributed by atoms with E-state index in [0.29, 0.717) is 17.9 Å². The first kappa shape index (κ1) is 25.4. The van der Waals surface area contributed by atoms with E-state index < -0.39 is 11.9 Å². The third-order valence-electron chi connectivity index (χ3n) is 4.77. The van der Waals surface area contributed by atoms with Gasteiger partial charge in [0, 0.05) is 17.9 Å². The second-order valence-corrected chi connectivity index (χ2v) is 8.43. The molecule has 4 N–H and O–H groups in total. The molecule has 1 aromatic heterocycles. The van der Waals surface area contributed by atoms with Gasteiger partial charge in [0.25, 0.3) is 5.91 Å². The van der Waals surface area contributed by atoms with Crippen LogP contribution in [0, 0.1) is 12.7 Å². The number of aliphatic carboxylic acids is 2. The number of rotatable bonds is 6. The highest BCUT2D eigenvalue weighted by Gasteiger charge is 2.10. The van der Waals surface area contributed by atoms with Gasteiger partial charge >= 0.3 is 11.9 Å². The molecule has 0 aliphatic carbocycles. The van der Waals surface area contributed by atoms with Crippen LogP contribution in [-0.4, -0.2) is 38.0 Å². The average Bonchev–Trinajstić information content (AvgIpc) is 3.25. The number of H-pyrrole nitrogens is 1. The number of carbonyl (C=O) groups excluding carboxylic acids is 1. The van der Waals surface area contributed by atoms with Gasteiger partial charge in [0.2, 0.25) is 0 Å². The molecule has 0 radical (unpaired) electrons. The number of imidazole rings is 1. The fourth-order valence-electron chi connectivity index (χ4n) is 2.92. The fourth-order valence-corrected chi connectivity index (χ4v) is 3.76. The number of hydrogen-bond acceptors (Lipinski definition) is 5. The molecular weight excluding hydrogens is 473 g/mol. The molecule has 0 aliphatic heterocycles. The number of nitrogens with one attached hydrogen (secondary N) is 2. The van der Waals surface area contributed by atoms with Crippen LogP contribution in [0.2, 0.25) is 0 Å². The largest absolute Gasteiger partial charge is 0.473 e. The third-order valence-corrected chi connectivity index (χ3v) is 5.71. The number of aromatic amines is 1. The van der Waals surface area contributed by atoms with Crippen LogP contribution in [0.3, 0.4) is 0 Å². The Balaban J connectivity index is 0.000000509. The van der Waals surface area contributed by atoms with E-state index in [2.05, 4.69) is 15.3 Å². The van der Waals surface area contributed by atoms with Gasteiger partial charge in [-0.05, 0) is 48.4 Å². The monoisotopic (exact) mass is 495 g/mol. The predicted octanol–water partition coefficient (Wildman–Crippen LogP) is 4.39.